The lowest BCUT2D eigenvalue weighted by atomic mass is 10.1. The van der Waals surface area contributed by atoms with E-state index in [9.17, 15) is 10.1 Å². The lowest BCUT2D eigenvalue weighted by Crippen LogP contribution is -2.06. The van der Waals surface area contributed by atoms with Gasteiger partial charge in [-0.1, -0.05) is 29.8 Å². The molecule has 2 N–H and O–H groups in total. The van der Waals surface area contributed by atoms with Gasteiger partial charge in [-0.2, -0.15) is 0 Å². The highest BCUT2D eigenvalue weighted by Gasteiger charge is 2.15. The number of hydrogen-bond donors (Lipinski definition) is 1. The number of nitro benzene ring substituents is 1. The van der Waals surface area contributed by atoms with Crippen LogP contribution in [0.4, 0.5) is 5.69 Å². The van der Waals surface area contributed by atoms with Crippen molar-refractivity contribution in [3.8, 4) is 5.75 Å². The summed E-state index contributed by atoms with van der Waals surface area (Å²) in [6, 6.07) is 12.1. The summed E-state index contributed by atoms with van der Waals surface area (Å²) < 4.78 is 5.70. The van der Waals surface area contributed by atoms with Gasteiger partial charge in [0.15, 0.2) is 0 Å². The van der Waals surface area contributed by atoms with Crippen LogP contribution in [0.3, 0.4) is 0 Å². The fourth-order valence-electron chi connectivity index (χ4n) is 1.99. The topological polar surface area (TPSA) is 78.4 Å². The summed E-state index contributed by atoms with van der Waals surface area (Å²) in [4.78, 5) is 10.6. The molecule has 110 valence electrons. The van der Waals surface area contributed by atoms with Crippen LogP contribution in [0.15, 0.2) is 42.5 Å². The fourth-order valence-corrected chi connectivity index (χ4v) is 2.16. The zero-order valence-corrected chi connectivity index (χ0v) is 12.0. The van der Waals surface area contributed by atoms with E-state index in [1.165, 1.54) is 6.07 Å². The molecular formula is C15H15ClN2O3. The molecular weight excluding hydrogens is 292 g/mol. The fraction of sp³-hybridized carbons (Fsp3) is 0.200. The zero-order valence-electron chi connectivity index (χ0n) is 11.3. The van der Waals surface area contributed by atoms with E-state index in [2.05, 4.69) is 0 Å². The molecule has 5 nitrogen and oxygen atoms in total. The van der Waals surface area contributed by atoms with E-state index in [0.717, 1.165) is 5.56 Å². The number of para-hydroxylation sites is 1. The molecule has 0 fully saturated rings. The third kappa shape index (κ3) is 3.93. The molecule has 6 heteroatoms. The number of hydrogen-bond acceptors (Lipinski definition) is 4. The summed E-state index contributed by atoms with van der Waals surface area (Å²) in [6.07, 6.45) is 0.693. The van der Waals surface area contributed by atoms with E-state index in [1.54, 1.807) is 12.1 Å². The molecule has 0 saturated heterocycles. The highest BCUT2D eigenvalue weighted by Crippen LogP contribution is 2.26. The molecule has 0 radical (unpaired) electrons. The Morgan fingerprint density at radius 2 is 1.95 bits per heavy atom. The van der Waals surface area contributed by atoms with Gasteiger partial charge in [0.2, 0.25) is 0 Å². The molecule has 0 heterocycles. The van der Waals surface area contributed by atoms with Crippen molar-refractivity contribution in [1.29, 1.82) is 0 Å². The maximum atomic E-state index is 11.0. The zero-order chi connectivity index (χ0) is 15.2. The van der Waals surface area contributed by atoms with Crippen molar-refractivity contribution < 1.29 is 9.66 Å². The molecule has 0 spiro atoms. The largest absolute Gasteiger partial charge is 0.488 e. The second-order valence-corrected chi connectivity index (χ2v) is 4.90. The van der Waals surface area contributed by atoms with E-state index in [0.29, 0.717) is 29.3 Å². The standard InChI is InChI=1S/C15H15ClN2O3/c16-13-6-5-12(14(9-13)18(19)20)10-21-15-4-2-1-3-11(15)7-8-17/h1-6,9H,7-8,10,17H2. The first-order valence-electron chi connectivity index (χ1n) is 6.45. The summed E-state index contributed by atoms with van der Waals surface area (Å²) >= 11 is 5.79. The summed E-state index contributed by atoms with van der Waals surface area (Å²) in [6.45, 7) is 0.622. The molecule has 0 aliphatic carbocycles. The average molecular weight is 307 g/mol. The van der Waals surface area contributed by atoms with E-state index in [-0.39, 0.29) is 12.3 Å². The average Bonchev–Trinajstić information content (AvgIpc) is 2.47. The first-order valence-corrected chi connectivity index (χ1v) is 6.83. The van der Waals surface area contributed by atoms with E-state index in [1.807, 2.05) is 24.3 Å². The van der Waals surface area contributed by atoms with Crippen LogP contribution in [-0.4, -0.2) is 11.5 Å². The number of nitrogens with zero attached hydrogens (tertiary/aromatic N) is 1. The monoisotopic (exact) mass is 306 g/mol. The molecule has 0 atom stereocenters. The minimum Gasteiger partial charge on any atom is -0.488 e. The summed E-state index contributed by atoms with van der Waals surface area (Å²) in [5.74, 6) is 0.687. The predicted octanol–water partition coefficient (Wildman–Crippen LogP) is 3.33. The second kappa shape index (κ2) is 7.06. The number of halogens is 1. The number of nitro groups is 1. The summed E-state index contributed by atoms with van der Waals surface area (Å²) in [5.41, 5.74) is 6.98. The van der Waals surface area contributed by atoms with Crippen LogP contribution in [-0.2, 0) is 13.0 Å². The summed E-state index contributed by atoms with van der Waals surface area (Å²) in [7, 11) is 0. The smallest absolute Gasteiger partial charge is 0.277 e. The Labute approximate surface area is 127 Å². The van der Waals surface area contributed by atoms with Gasteiger partial charge < -0.3 is 10.5 Å². The van der Waals surface area contributed by atoms with Gasteiger partial charge in [0, 0.05) is 11.1 Å². The highest BCUT2D eigenvalue weighted by molar-refractivity contribution is 6.30. The normalized spacial score (nSPS) is 10.4. The minimum atomic E-state index is -0.462. The molecule has 2 aromatic carbocycles. The Kier molecular flexibility index (Phi) is 5.14. The molecule has 2 rings (SSSR count). The number of benzene rings is 2. The number of rotatable bonds is 6. The van der Waals surface area contributed by atoms with Crippen LogP contribution in [0.1, 0.15) is 11.1 Å². The van der Waals surface area contributed by atoms with E-state index >= 15 is 0 Å². The van der Waals surface area contributed by atoms with Crippen LogP contribution in [0.5, 0.6) is 5.75 Å². The summed E-state index contributed by atoms with van der Waals surface area (Å²) in [5, 5.41) is 11.4. The SMILES string of the molecule is NCCc1ccccc1OCc1ccc(Cl)cc1[N+](=O)[O-]. The van der Waals surface area contributed by atoms with Gasteiger partial charge in [-0.05, 0) is 36.7 Å². The van der Waals surface area contributed by atoms with Crippen molar-refractivity contribution in [2.24, 2.45) is 5.73 Å². The van der Waals surface area contributed by atoms with Gasteiger partial charge in [0.1, 0.15) is 12.4 Å². The first kappa shape index (κ1) is 15.3. The van der Waals surface area contributed by atoms with Crippen molar-refractivity contribution in [2.45, 2.75) is 13.0 Å². The molecule has 2 aromatic rings. The van der Waals surface area contributed by atoms with Crippen LogP contribution in [0, 0.1) is 10.1 Å². The molecule has 21 heavy (non-hydrogen) atoms. The van der Waals surface area contributed by atoms with Crippen molar-refractivity contribution >= 4 is 17.3 Å². The third-order valence-electron chi connectivity index (χ3n) is 3.01. The Balaban J connectivity index is 2.19. The van der Waals surface area contributed by atoms with Crippen molar-refractivity contribution in [2.75, 3.05) is 6.54 Å². The van der Waals surface area contributed by atoms with Crippen LogP contribution < -0.4 is 10.5 Å². The third-order valence-corrected chi connectivity index (χ3v) is 3.25. The van der Waals surface area contributed by atoms with E-state index < -0.39 is 4.92 Å². The predicted molar refractivity (Wildman–Crippen MR) is 81.6 cm³/mol. The number of nitrogens with two attached hydrogens (primary N) is 1. The Hall–Kier alpha value is -2.11. The molecule has 0 bridgehead atoms. The maximum Gasteiger partial charge on any atom is 0.277 e. The van der Waals surface area contributed by atoms with Gasteiger partial charge in [0.25, 0.3) is 5.69 Å². The van der Waals surface area contributed by atoms with Crippen LogP contribution in [0.25, 0.3) is 0 Å². The molecule has 0 aliphatic rings. The molecule has 0 unspecified atom stereocenters. The second-order valence-electron chi connectivity index (χ2n) is 4.47. The van der Waals surface area contributed by atoms with Crippen molar-refractivity contribution in [3.63, 3.8) is 0 Å². The molecule has 0 aromatic heterocycles. The lowest BCUT2D eigenvalue weighted by molar-refractivity contribution is -0.385. The Morgan fingerprint density at radius 3 is 2.67 bits per heavy atom. The molecule has 0 saturated carbocycles. The van der Waals surface area contributed by atoms with E-state index in [4.69, 9.17) is 22.1 Å². The van der Waals surface area contributed by atoms with Crippen molar-refractivity contribution in [3.05, 3.63) is 68.7 Å². The quantitative estimate of drug-likeness (QED) is 0.656. The van der Waals surface area contributed by atoms with Gasteiger partial charge in [-0.25, -0.2) is 0 Å². The van der Waals surface area contributed by atoms with Crippen LogP contribution >= 0.6 is 11.6 Å². The van der Waals surface area contributed by atoms with Gasteiger partial charge >= 0.3 is 0 Å². The van der Waals surface area contributed by atoms with Gasteiger partial charge in [-0.15, -0.1) is 0 Å². The lowest BCUT2D eigenvalue weighted by Gasteiger charge is -2.11. The number of ether oxygens (including phenoxy) is 1. The van der Waals surface area contributed by atoms with Crippen molar-refractivity contribution in [1.82, 2.24) is 0 Å². The molecule has 0 amide bonds. The Bertz CT molecular complexity index is 647. The maximum absolute atomic E-state index is 11.0. The van der Waals surface area contributed by atoms with Gasteiger partial charge in [0.05, 0.1) is 10.5 Å². The highest BCUT2D eigenvalue weighted by atomic mass is 35.5. The Morgan fingerprint density at radius 1 is 1.19 bits per heavy atom. The molecule has 0 aliphatic heterocycles. The first-order chi connectivity index (χ1) is 10.1. The van der Waals surface area contributed by atoms with Gasteiger partial charge in [-0.3, -0.25) is 10.1 Å². The minimum absolute atomic E-state index is 0.0428. The van der Waals surface area contributed by atoms with Crippen LogP contribution in [0.2, 0.25) is 5.02 Å².